The molecule has 0 spiro atoms. The van der Waals surface area contributed by atoms with Gasteiger partial charge in [-0.15, -0.1) is 0 Å². The molecule has 136 valence electrons. The maximum absolute atomic E-state index is 12.5. The van der Waals surface area contributed by atoms with Crippen LogP contribution in [0.3, 0.4) is 0 Å². The van der Waals surface area contributed by atoms with Gasteiger partial charge in [-0.3, -0.25) is 14.6 Å². The zero-order chi connectivity index (χ0) is 18.2. The first-order chi connectivity index (χ1) is 12.7. The van der Waals surface area contributed by atoms with Crippen LogP contribution in [0.1, 0.15) is 23.2 Å². The second kappa shape index (κ2) is 8.99. The van der Waals surface area contributed by atoms with E-state index >= 15 is 0 Å². The summed E-state index contributed by atoms with van der Waals surface area (Å²) in [6, 6.07) is 12.9. The number of benzene rings is 1. The molecule has 6 heteroatoms. The van der Waals surface area contributed by atoms with Crippen molar-refractivity contribution in [1.29, 1.82) is 0 Å². The highest BCUT2D eigenvalue weighted by molar-refractivity contribution is 5.94. The third kappa shape index (κ3) is 4.81. The second-order valence-electron chi connectivity index (χ2n) is 6.17. The quantitative estimate of drug-likeness (QED) is 0.827. The van der Waals surface area contributed by atoms with Crippen LogP contribution in [0, 0.1) is 0 Å². The average Bonchev–Trinajstić information content (AvgIpc) is 2.95. The molecule has 1 aromatic heterocycles. The van der Waals surface area contributed by atoms with Crippen molar-refractivity contribution >= 4 is 11.8 Å². The standard InChI is InChI=1S/C20H23N3O3/c24-19(9-16-26-18-5-2-1-3-6-18)22-12-4-13-23(15-14-22)20(25)17-7-10-21-11-8-17/h1-3,5-8,10-11H,4,9,12-16H2. The molecule has 0 saturated carbocycles. The topological polar surface area (TPSA) is 62.7 Å². The Labute approximate surface area is 153 Å². The largest absolute Gasteiger partial charge is 0.493 e. The number of hydrogen-bond acceptors (Lipinski definition) is 4. The van der Waals surface area contributed by atoms with E-state index in [4.69, 9.17) is 4.74 Å². The number of amides is 2. The zero-order valence-electron chi connectivity index (χ0n) is 14.7. The normalized spacial score (nSPS) is 14.6. The Morgan fingerprint density at radius 1 is 0.923 bits per heavy atom. The maximum atomic E-state index is 12.5. The van der Waals surface area contributed by atoms with Gasteiger partial charge in [0.15, 0.2) is 0 Å². The SMILES string of the molecule is O=C(CCOc1ccccc1)N1CCCN(C(=O)c2ccncc2)CC1. The summed E-state index contributed by atoms with van der Waals surface area (Å²) < 4.78 is 5.60. The van der Waals surface area contributed by atoms with E-state index in [1.807, 2.05) is 40.1 Å². The molecule has 2 aromatic rings. The molecule has 2 heterocycles. The molecular weight excluding hydrogens is 330 g/mol. The molecule has 0 radical (unpaired) electrons. The van der Waals surface area contributed by atoms with E-state index in [0.29, 0.717) is 44.8 Å². The van der Waals surface area contributed by atoms with Crippen molar-refractivity contribution in [2.24, 2.45) is 0 Å². The summed E-state index contributed by atoms with van der Waals surface area (Å²) in [6.07, 6.45) is 4.36. The van der Waals surface area contributed by atoms with Gasteiger partial charge in [0.2, 0.25) is 5.91 Å². The van der Waals surface area contributed by atoms with Crippen molar-refractivity contribution in [2.75, 3.05) is 32.8 Å². The van der Waals surface area contributed by atoms with Gasteiger partial charge in [0, 0.05) is 44.1 Å². The number of nitrogens with zero attached hydrogens (tertiary/aromatic N) is 3. The first kappa shape index (κ1) is 17.9. The van der Waals surface area contributed by atoms with Crippen LogP contribution in [0.25, 0.3) is 0 Å². The minimum absolute atomic E-state index is 0.00545. The Kier molecular flexibility index (Phi) is 6.19. The average molecular weight is 353 g/mol. The first-order valence-electron chi connectivity index (χ1n) is 8.89. The number of ether oxygens (including phenoxy) is 1. The molecule has 6 nitrogen and oxygen atoms in total. The summed E-state index contributed by atoms with van der Waals surface area (Å²) >= 11 is 0. The predicted molar refractivity (Wildman–Crippen MR) is 97.9 cm³/mol. The molecule has 0 bridgehead atoms. The number of pyridine rings is 1. The number of hydrogen-bond donors (Lipinski definition) is 0. The highest BCUT2D eigenvalue weighted by atomic mass is 16.5. The van der Waals surface area contributed by atoms with Gasteiger partial charge in [-0.1, -0.05) is 18.2 Å². The monoisotopic (exact) mass is 353 g/mol. The summed E-state index contributed by atoms with van der Waals surface area (Å²) in [5.74, 6) is 0.832. The zero-order valence-corrected chi connectivity index (χ0v) is 14.7. The summed E-state index contributed by atoms with van der Waals surface area (Å²) in [4.78, 5) is 32.5. The van der Waals surface area contributed by atoms with Crippen LogP contribution in [-0.2, 0) is 4.79 Å². The number of carbonyl (C=O) groups is 2. The van der Waals surface area contributed by atoms with E-state index < -0.39 is 0 Å². The Hall–Kier alpha value is -2.89. The molecule has 1 aliphatic heterocycles. The van der Waals surface area contributed by atoms with Crippen molar-refractivity contribution in [3.63, 3.8) is 0 Å². The Bertz CT molecular complexity index is 722. The third-order valence-corrected chi connectivity index (χ3v) is 4.39. The van der Waals surface area contributed by atoms with Gasteiger partial charge in [0.1, 0.15) is 5.75 Å². The maximum Gasteiger partial charge on any atom is 0.254 e. The second-order valence-corrected chi connectivity index (χ2v) is 6.17. The summed E-state index contributed by atoms with van der Waals surface area (Å²) in [5.41, 5.74) is 0.635. The minimum Gasteiger partial charge on any atom is -0.493 e. The van der Waals surface area contributed by atoms with E-state index in [0.717, 1.165) is 12.2 Å². The Morgan fingerprint density at radius 2 is 1.62 bits per heavy atom. The molecule has 3 rings (SSSR count). The molecule has 0 atom stereocenters. The van der Waals surface area contributed by atoms with Gasteiger partial charge in [-0.2, -0.15) is 0 Å². The van der Waals surface area contributed by atoms with Crippen molar-refractivity contribution in [1.82, 2.24) is 14.8 Å². The van der Waals surface area contributed by atoms with Crippen LogP contribution in [-0.4, -0.2) is 59.4 Å². The van der Waals surface area contributed by atoms with E-state index in [-0.39, 0.29) is 11.8 Å². The summed E-state index contributed by atoms with van der Waals surface area (Å²) in [7, 11) is 0. The molecule has 1 aliphatic rings. The van der Waals surface area contributed by atoms with E-state index in [1.165, 1.54) is 0 Å². The van der Waals surface area contributed by atoms with Gasteiger partial charge in [0.25, 0.3) is 5.91 Å². The van der Waals surface area contributed by atoms with E-state index in [2.05, 4.69) is 4.98 Å². The van der Waals surface area contributed by atoms with Crippen molar-refractivity contribution < 1.29 is 14.3 Å². The molecular formula is C20H23N3O3. The van der Waals surface area contributed by atoms with Gasteiger partial charge in [0.05, 0.1) is 13.0 Å². The van der Waals surface area contributed by atoms with Crippen LogP contribution < -0.4 is 4.74 Å². The van der Waals surface area contributed by atoms with Gasteiger partial charge < -0.3 is 14.5 Å². The lowest BCUT2D eigenvalue weighted by Crippen LogP contribution is -2.37. The summed E-state index contributed by atoms with van der Waals surface area (Å²) in [6.45, 7) is 2.79. The number of rotatable bonds is 5. The predicted octanol–water partition coefficient (Wildman–Crippen LogP) is 2.23. The van der Waals surface area contributed by atoms with E-state index in [9.17, 15) is 9.59 Å². The lowest BCUT2D eigenvalue weighted by atomic mass is 10.2. The lowest BCUT2D eigenvalue weighted by Gasteiger charge is -2.22. The van der Waals surface area contributed by atoms with Crippen LogP contribution in [0.15, 0.2) is 54.9 Å². The van der Waals surface area contributed by atoms with Crippen LogP contribution in [0.5, 0.6) is 5.75 Å². The fourth-order valence-electron chi connectivity index (χ4n) is 2.98. The molecule has 26 heavy (non-hydrogen) atoms. The van der Waals surface area contributed by atoms with Gasteiger partial charge >= 0.3 is 0 Å². The molecule has 0 unspecified atom stereocenters. The molecule has 1 aromatic carbocycles. The molecule has 1 fully saturated rings. The fourth-order valence-corrected chi connectivity index (χ4v) is 2.98. The Morgan fingerprint density at radius 3 is 2.38 bits per heavy atom. The number of aromatic nitrogens is 1. The van der Waals surface area contributed by atoms with Gasteiger partial charge in [-0.25, -0.2) is 0 Å². The van der Waals surface area contributed by atoms with Crippen LogP contribution in [0.4, 0.5) is 0 Å². The van der Waals surface area contributed by atoms with Crippen molar-refractivity contribution in [3.05, 3.63) is 60.4 Å². The smallest absolute Gasteiger partial charge is 0.254 e. The third-order valence-electron chi connectivity index (χ3n) is 4.39. The molecule has 1 saturated heterocycles. The van der Waals surface area contributed by atoms with Gasteiger partial charge in [-0.05, 0) is 30.7 Å². The first-order valence-corrected chi connectivity index (χ1v) is 8.89. The summed E-state index contributed by atoms with van der Waals surface area (Å²) in [5, 5.41) is 0. The number of carbonyl (C=O) groups excluding carboxylic acids is 2. The lowest BCUT2D eigenvalue weighted by molar-refractivity contribution is -0.131. The van der Waals surface area contributed by atoms with Crippen molar-refractivity contribution in [3.8, 4) is 5.75 Å². The fraction of sp³-hybridized carbons (Fsp3) is 0.350. The molecule has 0 N–H and O–H groups in total. The molecule has 0 aliphatic carbocycles. The van der Waals surface area contributed by atoms with Crippen LogP contribution >= 0.6 is 0 Å². The van der Waals surface area contributed by atoms with Crippen molar-refractivity contribution in [2.45, 2.75) is 12.8 Å². The van der Waals surface area contributed by atoms with E-state index in [1.54, 1.807) is 24.5 Å². The molecule has 2 amide bonds. The Balaban J connectivity index is 1.47. The minimum atomic E-state index is -0.00545. The highest BCUT2D eigenvalue weighted by Gasteiger charge is 2.22. The van der Waals surface area contributed by atoms with Crippen LogP contribution in [0.2, 0.25) is 0 Å². The number of para-hydroxylation sites is 1. The highest BCUT2D eigenvalue weighted by Crippen LogP contribution is 2.11.